The third-order valence-electron chi connectivity index (χ3n) is 4.15. The standard InChI is InChI=1S/C17H12N2OS2/c18-10-17(11-19)13(14-3-1-7-21-14)6-5-12(9-20)16(17)15-4-2-8-22-15/h1-5,7-9,13,16H,6H2/t13-,16-/m0/s1. The number of rotatable bonds is 3. The number of carbonyl (C=O) groups excluding carboxylic acids is 1. The predicted octanol–water partition coefficient (Wildman–Crippen LogP) is 4.24. The zero-order valence-electron chi connectivity index (χ0n) is 11.6. The Labute approximate surface area is 136 Å². The Morgan fingerprint density at radius 3 is 2.27 bits per heavy atom. The van der Waals surface area contributed by atoms with Gasteiger partial charge in [-0.15, -0.1) is 22.7 Å². The number of hydrogen-bond donors (Lipinski definition) is 0. The first-order valence-electron chi connectivity index (χ1n) is 6.81. The molecule has 2 aromatic heterocycles. The van der Waals surface area contributed by atoms with Crippen LogP contribution in [0.15, 0.2) is 46.7 Å². The van der Waals surface area contributed by atoms with Gasteiger partial charge in [0.05, 0.1) is 18.1 Å². The Kier molecular flexibility index (Phi) is 3.94. The van der Waals surface area contributed by atoms with Gasteiger partial charge in [0.2, 0.25) is 0 Å². The molecule has 0 fully saturated rings. The van der Waals surface area contributed by atoms with Crippen LogP contribution < -0.4 is 0 Å². The summed E-state index contributed by atoms with van der Waals surface area (Å²) in [5.41, 5.74) is -0.709. The number of thiophene rings is 2. The Bertz CT molecular complexity index is 762. The average molecular weight is 324 g/mol. The van der Waals surface area contributed by atoms with Gasteiger partial charge in [0, 0.05) is 15.7 Å². The number of hydrogen-bond acceptors (Lipinski definition) is 5. The van der Waals surface area contributed by atoms with Crippen LogP contribution in [0.3, 0.4) is 0 Å². The van der Waals surface area contributed by atoms with Crippen LogP contribution in [0.2, 0.25) is 0 Å². The topological polar surface area (TPSA) is 64.7 Å². The van der Waals surface area contributed by atoms with Crippen LogP contribution in [0, 0.1) is 28.1 Å². The Balaban J connectivity index is 2.22. The van der Waals surface area contributed by atoms with Crippen LogP contribution in [0.25, 0.3) is 0 Å². The zero-order chi connectivity index (χ0) is 15.6. The molecule has 2 aromatic rings. The normalized spacial score (nSPS) is 23.1. The van der Waals surface area contributed by atoms with Crippen molar-refractivity contribution in [2.24, 2.45) is 5.41 Å². The van der Waals surface area contributed by atoms with Crippen LogP contribution >= 0.6 is 22.7 Å². The summed E-state index contributed by atoms with van der Waals surface area (Å²) < 4.78 is 0. The molecule has 1 aliphatic carbocycles. The first-order chi connectivity index (χ1) is 10.8. The second-order valence-corrected chi connectivity index (χ2v) is 7.13. The molecule has 22 heavy (non-hydrogen) atoms. The Morgan fingerprint density at radius 2 is 1.77 bits per heavy atom. The quantitative estimate of drug-likeness (QED) is 0.793. The molecule has 3 rings (SSSR count). The fraction of sp³-hybridized carbons (Fsp3) is 0.235. The molecule has 2 heterocycles. The minimum absolute atomic E-state index is 0.210. The number of allylic oxidation sites excluding steroid dienone is 2. The van der Waals surface area contributed by atoms with Crippen LogP contribution in [-0.2, 0) is 4.79 Å². The van der Waals surface area contributed by atoms with Gasteiger partial charge in [-0.1, -0.05) is 18.2 Å². The lowest BCUT2D eigenvalue weighted by molar-refractivity contribution is -0.105. The van der Waals surface area contributed by atoms with Gasteiger partial charge in [-0.05, 0) is 34.9 Å². The highest BCUT2D eigenvalue weighted by molar-refractivity contribution is 7.10. The van der Waals surface area contributed by atoms with E-state index in [1.807, 2.05) is 41.1 Å². The second kappa shape index (κ2) is 5.88. The van der Waals surface area contributed by atoms with E-state index in [9.17, 15) is 15.3 Å². The first-order valence-corrected chi connectivity index (χ1v) is 8.57. The molecule has 0 saturated carbocycles. The lowest BCUT2D eigenvalue weighted by Crippen LogP contribution is -2.36. The van der Waals surface area contributed by atoms with Crippen molar-refractivity contribution in [1.29, 1.82) is 10.5 Å². The fourth-order valence-electron chi connectivity index (χ4n) is 3.12. The fourth-order valence-corrected chi connectivity index (χ4v) is 4.97. The Morgan fingerprint density at radius 1 is 1.14 bits per heavy atom. The lowest BCUT2D eigenvalue weighted by atomic mass is 9.60. The molecule has 3 nitrogen and oxygen atoms in total. The molecular weight excluding hydrogens is 312 g/mol. The predicted molar refractivity (Wildman–Crippen MR) is 86.5 cm³/mol. The molecule has 0 amide bonds. The van der Waals surface area contributed by atoms with Crippen molar-refractivity contribution in [3.63, 3.8) is 0 Å². The van der Waals surface area contributed by atoms with Gasteiger partial charge in [0.1, 0.15) is 6.29 Å². The molecule has 0 aliphatic heterocycles. The third kappa shape index (κ3) is 2.11. The van der Waals surface area contributed by atoms with Crippen molar-refractivity contribution >= 4 is 29.0 Å². The summed E-state index contributed by atoms with van der Waals surface area (Å²) in [6.07, 6.45) is 3.21. The molecule has 0 N–H and O–H groups in total. The van der Waals surface area contributed by atoms with Crippen molar-refractivity contribution in [3.05, 3.63) is 56.4 Å². The number of carbonyl (C=O) groups is 1. The monoisotopic (exact) mass is 324 g/mol. The minimum atomic E-state index is -1.25. The smallest absolute Gasteiger partial charge is 0.163 e. The number of nitriles is 2. The maximum Gasteiger partial charge on any atom is 0.163 e. The van der Waals surface area contributed by atoms with Crippen molar-refractivity contribution in [2.75, 3.05) is 0 Å². The maximum atomic E-state index is 11.5. The van der Waals surface area contributed by atoms with Gasteiger partial charge in [-0.2, -0.15) is 10.5 Å². The lowest BCUT2D eigenvalue weighted by Gasteiger charge is -2.38. The third-order valence-corrected chi connectivity index (χ3v) is 6.07. The molecule has 0 aromatic carbocycles. The zero-order valence-corrected chi connectivity index (χ0v) is 13.2. The van der Waals surface area contributed by atoms with Crippen molar-refractivity contribution in [3.8, 4) is 12.1 Å². The van der Waals surface area contributed by atoms with E-state index >= 15 is 0 Å². The molecule has 2 atom stereocenters. The number of nitrogens with zero attached hydrogens (tertiary/aromatic N) is 2. The van der Waals surface area contributed by atoms with Crippen molar-refractivity contribution < 1.29 is 4.79 Å². The summed E-state index contributed by atoms with van der Waals surface area (Å²) in [5.74, 6) is -0.695. The Hall–Kier alpha value is -2.21. The van der Waals surface area contributed by atoms with Crippen molar-refractivity contribution in [1.82, 2.24) is 0 Å². The molecule has 0 spiro atoms. The van der Waals surface area contributed by atoms with E-state index in [0.717, 1.165) is 16.0 Å². The largest absolute Gasteiger partial charge is 0.298 e. The van der Waals surface area contributed by atoms with E-state index in [1.54, 1.807) is 11.3 Å². The second-order valence-electron chi connectivity index (χ2n) is 5.17. The number of aldehydes is 1. The van der Waals surface area contributed by atoms with E-state index in [4.69, 9.17) is 0 Å². The van der Waals surface area contributed by atoms with Crippen LogP contribution in [0.5, 0.6) is 0 Å². The summed E-state index contributed by atoms with van der Waals surface area (Å²) in [4.78, 5) is 13.4. The molecule has 5 heteroatoms. The van der Waals surface area contributed by atoms with Gasteiger partial charge in [-0.3, -0.25) is 4.79 Å². The van der Waals surface area contributed by atoms with E-state index in [1.165, 1.54) is 11.3 Å². The van der Waals surface area contributed by atoms with E-state index < -0.39 is 11.3 Å². The highest BCUT2D eigenvalue weighted by Crippen LogP contribution is 2.55. The van der Waals surface area contributed by atoms with Crippen molar-refractivity contribution in [2.45, 2.75) is 18.3 Å². The summed E-state index contributed by atoms with van der Waals surface area (Å²) >= 11 is 3.04. The van der Waals surface area contributed by atoms with Gasteiger partial charge in [0.25, 0.3) is 0 Å². The van der Waals surface area contributed by atoms with Gasteiger partial charge >= 0.3 is 0 Å². The molecule has 0 saturated heterocycles. The molecule has 108 valence electrons. The van der Waals surface area contributed by atoms with Gasteiger partial charge < -0.3 is 0 Å². The first kappa shape index (κ1) is 14.7. The highest BCUT2D eigenvalue weighted by atomic mass is 32.1. The van der Waals surface area contributed by atoms with Crippen LogP contribution in [0.1, 0.15) is 28.0 Å². The van der Waals surface area contributed by atoms with Gasteiger partial charge in [-0.25, -0.2) is 0 Å². The van der Waals surface area contributed by atoms with E-state index in [-0.39, 0.29) is 5.92 Å². The minimum Gasteiger partial charge on any atom is -0.298 e. The molecule has 0 bridgehead atoms. The average Bonchev–Trinajstić information content (AvgIpc) is 3.26. The molecular formula is C17H12N2OS2. The molecule has 0 radical (unpaired) electrons. The van der Waals surface area contributed by atoms with Gasteiger partial charge in [0.15, 0.2) is 5.41 Å². The van der Waals surface area contributed by atoms with E-state index in [2.05, 4.69) is 12.1 Å². The maximum absolute atomic E-state index is 11.5. The summed E-state index contributed by atoms with van der Waals surface area (Å²) in [6.45, 7) is 0. The highest BCUT2D eigenvalue weighted by Gasteiger charge is 2.52. The summed E-state index contributed by atoms with van der Waals surface area (Å²) in [6, 6.07) is 12.2. The SMILES string of the molecule is N#CC1(C#N)[C@H](c2cccs2)CC=C(C=O)[C@H]1c1cccs1. The molecule has 1 aliphatic rings. The molecule has 0 unspecified atom stereocenters. The summed E-state index contributed by atoms with van der Waals surface area (Å²) in [5, 5.41) is 23.6. The van der Waals surface area contributed by atoms with Crippen LogP contribution in [-0.4, -0.2) is 6.29 Å². The van der Waals surface area contributed by atoms with E-state index in [0.29, 0.717) is 12.0 Å². The van der Waals surface area contributed by atoms with Crippen LogP contribution in [0.4, 0.5) is 0 Å². The summed E-state index contributed by atoms with van der Waals surface area (Å²) in [7, 11) is 0.